The SMILES string of the molecule is c1ccc2c(c1)CCCc1ccccc1C2(CCN1C2CCC1CC2)c1nnn[nH]1. The molecule has 0 amide bonds. The van der Waals surface area contributed by atoms with Crippen molar-refractivity contribution in [2.75, 3.05) is 6.54 Å². The number of H-pyrrole nitrogens is 1. The molecule has 0 atom stereocenters. The van der Waals surface area contributed by atoms with Crippen LogP contribution in [-0.2, 0) is 18.3 Å². The van der Waals surface area contributed by atoms with E-state index < -0.39 is 0 Å². The van der Waals surface area contributed by atoms with Gasteiger partial charge in [-0.3, -0.25) is 4.90 Å². The Morgan fingerprint density at radius 3 is 2.03 bits per heavy atom. The molecule has 2 aromatic carbocycles. The zero-order valence-corrected chi connectivity index (χ0v) is 17.4. The van der Waals surface area contributed by atoms with Gasteiger partial charge in [-0.2, -0.15) is 0 Å². The highest BCUT2D eigenvalue weighted by Crippen LogP contribution is 2.46. The van der Waals surface area contributed by atoms with Gasteiger partial charge in [0.2, 0.25) is 0 Å². The van der Waals surface area contributed by atoms with Crippen molar-refractivity contribution in [2.24, 2.45) is 0 Å². The first kappa shape index (κ1) is 18.3. The summed E-state index contributed by atoms with van der Waals surface area (Å²) in [5.41, 5.74) is 5.30. The van der Waals surface area contributed by atoms with Gasteiger partial charge in [-0.05, 0) is 84.0 Å². The van der Waals surface area contributed by atoms with E-state index >= 15 is 0 Å². The molecular formula is C25H29N5. The molecular weight excluding hydrogens is 370 g/mol. The van der Waals surface area contributed by atoms with Crippen LogP contribution in [0, 0.1) is 0 Å². The standard InChI is InChI=1S/C25H29N5/c1-3-10-22-18(6-1)8-5-9-19-7-2-4-11-23(19)25(22,24-26-28-29-27-24)16-17-30-20-12-13-21(30)15-14-20/h1-4,6-7,10-11,20-21H,5,8-9,12-17H2,(H,26,27,28,29). The van der Waals surface area contributed by atoms with Gasteiger partial charge in [0, 0.05) is 18.6 Å². The lowest BCUT2D eigenvalue weighted by Crippen LogP contribution is -2.40. The van der Waals surface area contributed by atoms with Gasteiger partial charge in [-0.25, -0.2) is 5.10 Å². The first-order chi connectivity index (χ1) is 14.9. The summed E-state index contributed by atoms with van der Waals surface area (Å²) in [4.78, 5) is 2.79. The van der Waals surface area contributed by atoms with Crippen LogP contribution in [-0.4, -0.2) is 44.2 Å². The van der Waals surface area contributed by atoms with Gasteiger partial charge in [-0.1, -0.05) is 48.5 Å². The molecule has 2 fully saturated rings. The Morgan fingerprint density at radius 1 is 0.867 bits per heavy atom. The number of nitrogens with zero attached hydrogens (tertiary/aromatic N) is 4. The number of hydrogen-bond acceptors (Lipinski definition) is 4. The van der Waals surface area contributed by atoms with Crippen LogP contribution >= 0.6 is 0 Å². The highest BCUT2D eigenvalue weighted by molar-refractivity contribution is 5.53. The van der Waals surface area contributed by atoms with Crippen molar-refractivity contribution >= 4 is 0 Å². The maximum absolute atomic E-state index is 4.55. The highest BCUT2D eigenvalue weighted by atomic mass is 15.5. The number of fused-ring (bicyclic) bond motifs is 4. The van der Waals surface area contributed by atoms with Crippen LogP contribution in [0.3, 0.4) is 0 Å². The molecule has 2 aliphatic heterocycles. The summed E-state index contributed by atoms with van der Waals surface area (Å²) in [6.07, 6.45) is 9.86. The normalized spacial score (nSPS) is 24.8. The molecule has 1 N–H and O–H groups in total. The molecule has 3 heterocycles. The van der Waals surface area contributed by atoms with E-state index in [0.717, 1.165) is 43.7 Å². The van der Waals surface area contributed by atoms with E-state index in [9.17, 15) is 0 Å². The number of nitrogens with one attached hydrogen (secondary N) is 1. The van der Waals surface area contributed by atoms with Crippen molar-refractivity contribution in [2.45, 2.75) is 68.9 Å². The molecule has 3 aromatic rings. The lowest BCUT2D eigenvalue weighted by molar-refractivity contribution is 0.234. The van der Waals surface area contributed by atoms with Gasteiger partial charge in [0.25, 0.3) is 0 Å². The number of aromatic nitrogens is 4. The smallest absolute Gasteiger partial charge is 0.163 e. The quantitative estimate of drug-likeness (QED) is 0.719. The summed E-state index contributed by atoms with van der Waals surface area (Å²) in [5, 5.41) is 15.8. The number of tetrazole rings is 1. The van der Waals surface area contributed by atoms with E-state index in [1.807, 2.05) is 0 Å². The lowest BCUT2D eigenvalue weighted by atomic mass is 9.66. The topological polar surface area (TPSA) is 57.7 Å². The van der Waals surface area contributed by atoms with E-state index in [1.54, 1.807) is 0 Å². The van der Waals surface area contributed by atoms with Crippen LogP contribution < -0.4 is 0 Å². The first-order valence-electron chi connectivity index (χ1n) is 11.5. The number of aryl methyl sites for hydroxylation is 2. The van der Waals surface area contributed by atoms with Gasteiger partial charge in [0.1, 0.15) is 0 Å². The van der Waals surface area contributed by atoms with Crippen molar-refractivity contribution in [3.05, 3.63) is 76.6 Å². The second-order valence-corrected chi connectivity index (χ2v) is 9.27. The van der Waals surface area contributed by atoms with Gasteiger partial charge < -0.3 is 0 Å². The van der Waals surface area contributed by atoms with Gasteiger partial charge in [0.15, 0.2) is 5.82 Å². The Labute approximate surface area is 177 Å². The van der Waals surface area contributed by atoms with E-state index in [0.29, 0.717) is 0 Å². The van der Waals surface area contributed by atoms with E-state index in [4.69, 9.17) is 0 Å². The van der Waals surface area contributed by atoms with Crippen molar-refractivity contribution in [1.82, 2.24) is 25.5 Å². The van der Waals surface area contributed by atoms with Crippen LogP contribution in [0.5, 0.6) is 0 Å². The monoisotopic (exact) mass is 399 g/mol. The van der Waals surface area contributed by atoms with Crippen molar-refractivity contribution in [1.29, 1.82) is 0 Å². The lowest BCUT2D eigenvalue weighted by Gasteiger charge is -2.39. The maximum atomic E-state index is 4.55. The van der Waals surface area contributed by atoms with Gasteiger partial charge in [0.05, 0.1) is 5.41 Å². The Morgan fingerprint density at radius 2 is 1.47 bits per heavy atom. The second kappa shape index (κ2) is 7.31. The van der Waals surface area contributed by atoms with Crippen molar-refractivity contribution < 1.29 is 0 Å². The van der Waals surface area contributed by atoms with Gasteiger partial charge >= 0.3 is 0 Å². The number of aromatic amines is 1. The molecule has 6 rings (SSSR count). The Kier molecular flexibility index (Phi) is 4.45. The van der Waals surface area contributed by atoms with E-state index in [-0.39, 0.29) is 5.41 Å². The minimum absolute atomic E-state index is 0.334. The number of hydrogen-bond donors (Lipinski definition) is 1. The van der Waals surface area contributed by atoms with Crippen LogP contribution in [0.25, 0.3) is 0 Å². The summed E-state index contributed by atoms with van der Waals surface area (Å²) in [7, 11) is 0. The summed E-state index contributed by atoms with van der Waals surface area (Å²) in [5.74, 6) is 0.885. The zero-order valence-electron chi connectivity index (χ0n) is 17.4. The highest BCUT2D eigenvalue weighted by Gasteiger charge is 2.46. The summed E-state index contributed by atoms with van der Waals surface area (Å²) in [6, 6.07) is 19.5. The largest absolute Gasteiger partial charge is 0.297 e. The van der Waals surface area contributed by atoms with E-state index in [1.165, 1.54) is 54.4 Å². The summed E-state index contributed by atoms with van der Waals surface area (Å²) >= 11 is 0. The number of benzene rings is 2. The molecule has 0 radical (unpaired) electrons. The molecule has 1 aromatic heterocycles. The Hall–Kier alpha value is -2.53. The van der Waals surface area contributed by atoms with Crippen LogP contribution in [0.15, 0.2) is 48.5 Å². The molecule has 0 saturated carbocycles. The third-order valence-corrected chi connectivity index (χ3v) is 7.95. The Bertz CT molecular complexity index is 960. The predicted octanol–water partition coefficient (Wildman–Crippen LogP) is 4.04. The van der Waals surface area contributed by atoms with Gasteiger partial charge in [-0.15, -0.1) is 5.10 Å². The Balaban J connectivity index is 1.54. The molecule has 154 valence electrons. The van der Waals surface area contributed by atoms with Crippen LogP contribution in [0.4, 0.5) is 0 Å². The van der Waals surface area contributed by atoms with Crippen molar-refractivity contribution in [3.8, 4) is 0 Å². The van der Waals surface area contributed by atoms with Crippen LogP contribution in [0.2, 0.25) is 0 Å². The molecule has 0 spiro atoms. The minimum Gasteiger partial charge on any atom is -0.297 e. The average Bonchev–Trinajstić information content (AvgIpc) is 3.53. The maximum Gasteiger partial charge on any atom is 0.163 e. The molecule has 3 aliphatic rings. The average molecular weight is 400 g/mol. The molecule has 2 bridgehead atoms. The first-order valence-corrected chi connectivity index (χ1v) is 11.5. The zero-order chi connectivity index (χ0) is 20.0. The third kappa shape index (κ3) is 2.75. The molecule has 0 unspecified atom stereocenters. The molecule has 5 nitrogen and oxygen atoms in total. The fourth-order valence-electron chi connectivity index (χ4n) is 6.59. The fourth-order valence-corrected chi connectivity index (χ4v) is 6.59. The molecule has 5 heteroatoms. The molecule has 30 heavy (non-hydrogen) atoms. The van der Waals surface area contributed by atoms with Crippen molar-refractivity contribution in [3.63, 3.8) is 0 Å². The molecule has 1 aliphatic carbocycles. The number of rotatable bonds is 4. The fraction of sp³-hybridized carbons (Fsp3) is 0.480. The summed E-state index contributed by atoms with van der Waals surface area (Å²) < 4.78 is 0. The predicted molar refractivity (Wildman–Crippen MR) is 116 cm³/mol. The second-order valence-electron chi connectivity index (χ2n) is 9.27. The molecule has 2 saturated heterocycles. The van der Waals surface area contributed by atoms with E-state index in [2.05, 4.69) is 74.1 Å². The van der Waals surface area contributed by atoms with Crippen LogP contribution in [0.1, 0.15) is 66.6 Å². The minimum atomic E-state index is -0.334. The third-order valence-electron chi connectivity index (χ3n) is 7.95. The summed E-state index contributed by atoms with van der Waals surface area (Å²) in [6.45, 7) is 1.10.